The molecule has 0 amide bonds. The summed E-state index contributed by atoms with van der Waals surface area (Å²) in [5.41, 5.74) is -1.91. The summed E-state index contributed by atoms with van der Waals surface area (Å²) in [4.78, 5) is 3.70. The van der Waals surface area contributed by atoms with E-state index in [4.69, 9.17) is 11.0 Å². The molecule has 1 unspecified atom stereocenters. The summed E-state index contributed by atoms with van der Waals surface area (Å²) < 4.78 is 30.0. The molecule has 6 heteroatoms. The van der Waals surface area contributed by atoms with Gasteiger partial charge >= 0.3 is 0 Å². The van der Waals surface area contributed by atoms with Gasteiger partial charge in [0.2, 0.25) is 0 Å². The van der Waals surface area contributed by atoms with Crippen LogP contribution in [0, 0.1) is 12.3 Å². The molecule has 1 atom stereocenters. The molecule has 2 N–H and O–H groups in total. The lowest BCUT2D eigenvalue weighted by Crippen LogP contribution is -2.32. The number of terminal acetylenes is 1. The largest absolute Gasteiger partial charge is 0.372 e. The van der Waals surface area contributed by atoms with Crippen LogP contribution in [0.1, 0.15) is 5.56 Å². The molecule has 5 nitrogen and oxygen atoms in total. The minimum absolute atomic E-state index is 0.144. The van der Waals surface area contributed by atoms with Crippen LogP contribution in [0.25, 0.3) is 0 Å². The molecule has 0 spiro atoms. The predicted molar refractivity (Wildman–Crippen MR) is 53.4 cm³/mol. The van der Waals surface area contributed by atoms with Crippen molar-refractivity contribution in [1.29, 1.82) is 0 Å². The van der Waals surface area contributed by atoms with Gasteiger partial charge in [-0.25, -0.2) is 0 Å². The van der Waals surface area contributed by atoms with Crippen molar-refractivity contribution in [3.63, 3.8) is 0 Å². The molecular weight excluding hydrogens is 218 g/mol. The molecule has 80 valence electrons. The van der Waals surface area contributed by atoms with Gasteiger partial charge in [-0.05, 0) is 6.07 Å². The first-order chi connectivity index (χ1) is 6.87. The Morgan fingerprint density at radius 1 is 1.60 bits per heavy atom. The number of hydrogen-bond donors (Lipinski definition) is 2. The maximum Gasteiger partial charge on any atom is 0.269 e. The molecule has 1 aromatic heterocycles. The van der Waals surface area contributed by atoms with E-state index in [2.05, 4.69) is 4.98 Å². The molecule has 0 aliphatic carbocycles. The Labute approximate surface area is 87.5 Å². The molecule has 1 heterocycles. The van der Waals surface area contributed by atoms with Crippen LogP contribution < -0.4 is 0 Å². The van der Waals surface area contributed by atoms with E-state index in [1.807, 2.05) is 5.92 Å². The SMILES string of the molecule is C#CC(O)(CS(=O)(=O)O)c1cccnc1. The molecule has 0 aliphatic heterocycles. The van der Waals surface area contributed by atoms with Gasteiger partial charge in [-0.1, -0.05) is 12.0 Å². The molecule has 1 rings (SSSR count). The lowest BCUT2D eigenvalue weighted by atomic mass is 9.99. The van der Waals surface area contributed by atoms with E-state index in [1.54, 1.807) is 0 Å². The average Bonchev–Trinajstić information content (AvgIpc) is 2.16. The van der Waals surface area contributed by atoms with Crippen LogP contribution >= 0.6 is 0 Å². The lowest BCUT2D eigenvalue weighted by molar-refractivity contribution is 0.123. The summed E-state index contributed by atoms with van der Waals surface area (Å²) >= 11 is 0. The third-order valence-electron chi connectivity index (χ3n) is 1.77. The molecule has 0 aromatic carbocycles. The first-order valence-electron chi connectivity index (χ1n) is 3.93. The van der Waals surface area contributed by atoms with Crippen molar-refractivity contribution < 1.29 is 18.1 Å². The van der Waals surface area contributed by atoms with Gasteiger partial charge in [0.1, 0.15) is 5.75 Å². The Morgan fingerprint density at radius 3 is 2.67 bits per heavy atom. The number of pyridine rings is 1. The monoisotopic (exact) mass is 227 g/mol. The minimum Gasteiger partial charge on any atom is -0.372 e. The summed E-state index contributed by atoms with van der Waals surface area (Å²) in [6, 6.07) is 2.93. The van der Waals surface area contributed by atoms with E-state index >= 15 is 0 Å². The van der Waals surface area contributed by atoms with Crippen molar-refractivity contribution in [2.75, 3.05) is 5.75 Å². The smallest absolute Gasteiger partial charge is 0.269 e. The zero-order valence-electron chi connectivity index (χ0n) is 7.66. The zero-order valence-corrected chi connectivity index (χ0v) is 8.48. The van der Waals surface area contributed by atoms with Crippen LogP contribution in [0.2, 0.25) is 0 Å². The minimum atomic E-state index is -4.36. The van der Waals surface area contributed by atoms with Crippen LogP contribution in [0.3, 0.4) is 0 Å². The quantitative estimate of drug-likeness (QED) is 0.551. The Morgan fingerprint density at radius 2 is 2.27 bits per heavy atom. The van der Waals surface area contributed by atoms with Crippen molar-refractivity contribution in [1.82, 2.24) is 4.98 Å². The van der Waals surface area contributed by atoms with Crippen molar-refractivity contribution in [2.24, 2.45) is 0 Å². The van der Waals surface area contributed by atoms with Crippen LogP contribution in [0.15, 0.2) is 24.5 Å². The van der Waals surface area contributed by atoms with Gasteiger partial charge in [0, 0.05) is 18.0 Å². The molecule has 1 aromatic rings. The van der Waals surface area contributed by atoms with E-state index in [0.29, 0.717) is 0 Å². The van der Waals surface area contributed by atoms with E-state index in [-0.39, 0.29) is 5.56 Å². The first-order valence-corrected chi connectivity index (χ1v) is 5.54. The van der Waals surface area contributed by atoms with Gasteiger partial charge in [0.25, 0.3) is 10.1 Å². The van der Waals surface area contributed by atoms with Crippen molar-refractivity contribution >= 4 is 10.1 Å². The fraction of sp³-hybridized carbons (Fsp3) is 0.222. The number of aliphatic hydroxyl groups is 1. The highest BCUT2D eigenvalue weighted by molar-refractivity contribution is 7.85. The second-order valence-electron chi connectivity index (χ2n) is 2.97. The Hall–Kier alpha value is -1.42. The summed E-state index contributed by atoms with van der Waals surface area (Å²) in [5.74, 6) is 0.972. The second-order valence-corrected chi connectivity index (χ2v) is 4.43. The van der Waals surface area contributed by atoms with Crippen LogP contribution in [0.4, 0.5) is 0 Å². The number of hydrogen-bond acceptors (Lipinski definition) is 4. The van der Waals surface area contributed by atoms with Crippen molar-refractivity contribution in [3.8, 4) is 12.3 Å². The van der Waals surface area contributed by atoms with Gasteiger partial charge in [-0.15, -0.1) is 6.42 Å². The van der Waals surface area contributed by atoms with Gasteiger partial charge in [0.15, 0.2) is 5.60 Å². The number of aromatic nitrogens is 1. The maximum absolute atomic E-state index is 10.7. The van der Waals surface area contributed by atoms with Gasteiger partial charge in [0.05, 0.1) is 0 Å². The molecule has 0 bridgehead atoms. The fourth-order valence-corrected chi connectivity index (χ4v) is 1.86. The zero-order chi connectivity index (χ0) is 11.5. The summed E-state index contributed by atoms with van der Waals surface area (Å²) in [6.07, 6.45) is 7.74. The Balaban J connectivity index is 3.14. The normalized spacial score (nSPS) is 15.3. The number of nitrogens with zero attached hydrogens (tertiary/aromatic N) is 1. The van der Waals surface area contributed by atoms with Crippen LogP contribution in [-0.4, -0.2) is 28.8 Å². The highest BCUT2D eigenvalue weighted by atomic mass is 32.2. The molecule has 15 heavy (non-hydrogen) atoms. The molecule has 0 saturated heterocycles. The number of rotatable bonds is 3. The second kappa shape index (κ2) is 3.98. The molecule has 0 fully saturated rings. The Bertz CT molecular complexity index is 477. The van der Waals surface area contributed by atoms with Crippen LogP contribution in [-0.2, 0) is 15.7 Å². The average molecular weight is 227 g/mol. The third-order valence-corrected chi connectivity index (χ3v) is 2.55. The molecule has 0 aliphatic rings. The van der Waals surface area contributed by atoms with E-state index < -0.39 is 21.5 Å². The van der Waals surface area contributed by atoms with E-state index in [1.165, 1.54) is 24.5 Å². The van der Waals surface area contributed by atoms with Gasteiger partial charge < -0.3 is 5.11 Å². The van der Waals surface area contributed by atoms with E-state index in [0.717, 1.165) is 0 Å². The summed E-state index contributed by atoms with van der Waals surface area (Å²) in [6.45, 7) is 0. The fourth-order valence-electron chi connectivity index (χ4n) is 1.08. The first kappa shape index (κ1) is 11.7. The maximum atomic E-state index is 10.7. The highest BCUT2D eigenvalue weighted by Crippen LogP contribution is 2.20. The van der Waals surface area contributed by atoms with E-state index in [9.17, 15) is 13.5 Å². The molecular formula is C9H9NO4S. The molecule has 0 saturated carbocycles. The van der Waals surface area contributed by atoms with Gasteiger partial charge in [-0.3, -0.25) is 9.54 Å². The standard InChI is InChI=1S/C9H9NO4S/c1-2-9(11,7-15(12,13)14)8-4-3-5-10-6-8/h1,3-6,11H,7H2,(H,12,13,14). The van der Waals surface area contributed by atoms with Crippen molar-refractivity contribution in [3.05, 3.63) is 30.1 Å². The van der Waals surface area contributed by atoms with Crippen LogP contribution in [0.5, 0.6) is 0 Å². The molecule has 0 radical (unpaired) electrons. The highest BCUT2D eigenvalue weighted by Gasteiger charge is 2.32. The predicted octanol–water partition coefficient (Wildman–Crippen LogP) is -0.210. The summed E-state index contributed by atoms with van der Waals surface area (Å²) in [7, 11) is -4.36. The Kier molecular flexibility index (Phi) is 3.09. The van der Waals surface area contributed by atoms with Gasteiger partial charge in [-0.2, -0.15) is 8.42 Å². The third kappa shape index (κ3) is 3.02. The van der Waals surface area contributed by atoms with Crippen molar-refractivity contribution in [2.45, 2.75) is 5.60 Å². The lowest BCUT2D eigenvalue weighted by Gasteiger charge is -2.20. The summed E-state index contributed by atoms with van der Waals surface area (Å²) in [5, 5.41) is 9.81. The topological polar surface area (TPSA) is 87.5 Å².